The van der Waals surface area contributed by atoms with E-state index in [1.807, 2.05) is 60.7 Å². The third-order valence-corrected chi connectivity index (χ3v) is 3.87. The van der Waals surface area contributed by atoms with Gasteiger partial charge in [-0.2, -0.15) is 13.2 Å². The van der Waals surface area contributed by atoms with E-state index in [4.69, 9.17) is 5.73 Å². The number of anilines is 1. The van der Waals surface area contributed by atoms with Crippen LogP contribution in [0, 0.1) is 0 Å². The van der Waals surface area contributed by atoms with Gasteiger partial charge in [0.25, 0.3) is 0 Å². The van der Waals surface area contributed by atoms with E-state index in [2.05, 4.69) is 4.74 Å². The van der Waals surface area contributed by atoms with Crippen molar-refractivity contribution in [2.24, 2.45) is 0 Å². The molecule has 0 radical (unpaired) electrons. The van der Waals surface area contributed by atoms with Gasteiger partial charge in [-0.25, -0.2) is 0 Å². The topological polar surface area (TPSA) is 35.2 Å². The van der Waals surface area contributed by atoms with Gasteiger partial charge in [-0.3, -0.25) is 0 Å². The first-order valence-electron chi connectivity index (χ1n) is 8.14. The lowest BCUT2D eigenvalue weighted by Crippen LogP contribution is -1.90. The monoisotopic (exact) mass is 367 g/mol. The summed E-state index contributed by atoms with van der Waals surface area (Å²) >= 11 is 0. The first kappa shape index (κ1) is 18.3. The van der Waals surface area contributed by atoms with Crippen LogP contribution in [0.1, 0.15) is 11.1 Å². The summed E-state index contributed by atoms with van der Waals surface area (Å²) in [6, 6.07) is 19.8. The van der Waals surface area contributed by atoms with Gasteiger partial charge in [0.1, 0.15) is 5.75 Å². The molecule has 0 amide bonds. The number of rotatable bonds is 5. The normalized spacial score (nSPS) is 10.8. The lowest BCUT2D eigenvalue weighted by atomic mass is 9.98. The predicted molar refractivity (Wildman–Crippen MR) is 103 cm³/mol. The molecule has 0 atom stereocenters. The summed E-state index contributed by atoms with van der Waals surface area (Å²) in [6.45, 7) is 0. The maximum atomic E-state index is 12.8. The van der Waals surface area contributed by atoms with Gasteiger partial charge in [0.15, 0.2) is 0 Å². The maximum absolute atomic E-state index is 12.8. The van der Waals surface area contributed by atoms with Crippen LogP contribution in [-0.4, -0.2) is 0 Å². The number of hydrogen-bond acceptors (Lipinski definition) is 2. The van der Waals surface area contributed by atoms with Gasteiger partial charge in [-0.15, -0.1) is 0 Å². The molecular weight excluding hydrogens is 351 g/mol. The lowest BCUT2D eigenvalue weighted by molar-refractivity contribution is 0.241. The van der Waals surface area contributed by atoms with Gasteiger partial charge in [-0.05, 0) is 46.5 Å². The highest BCUT2D eigenvalue weighted by molar-refractivity contribution is 5.81. The van der Waals surface area contributed by atoms with Crippen LogP contribution in [0.2, 0.25) is 0 Å². The standard InChI is InChI=1S/C22H16F3NO/c23-21(24)22(25)27-19-13-6-15(7-14-19)5-8-16-3-1-2-4-20(16)17-9-11-18(26)12-10-17/h1-14H,26H2. The number of ether oxygens (including phenoxy) is 1. The summed E-state index contributed by atoms with van der Waals surface area (Å²) in [6.07, 6.45) is 1.34. The van der Waals surface area contributed by atoms with Crippen LogP contribution in [0.15, 0.2) is 84.9 Å². The number of hydrogen-bond donors (Lipinski definition) is 1. The Labute approximate surface area is 155 Å². The van der Waals surface area contributed by atoms with Crippen molar-refractivity contribution in [2.75, 3.05) is 5.73 Å². The second-order valence-electron chi connectivity index (χ2n) is 5.75. The van der Waals surface area contributed by atoms with E-state index < -0.39 is 12.1 Å². The predicted octanol–water partition coefficient (Wildman–Crippen LogP) is 6.52. The van der Waals surface area contributed by atoms with Crippen LogP contribution >= 0.6 is 0 Å². The van der Waals surface area contributed by atoms with Gasteiger partial charge < -0.3 is 10.5 Å². The van der Waals surface area contributed by atoms with Crippen molar-refractivity contribution in [3.63, 3.8) is 0 Å². The Hall–Kier alpha value is -3.47. The van der Waals surface area contributed by atoms with Gasteiger partial charge in [0.2, 0.25) is 0 Å². The van der Waals surface area contributed by atoms with E-state index in [9.17, 15) is 13.2 Å². The molecule has 0 saturated carbocycles. The van der Waals surface area contributed by atoms with E-state index in [-0.39, 0.29) is 5.75 Å². The SMILES string of the molecule is Nc1ccc(-c2ccccc2C=Cc2ccc(OC(F)=C(F)F)cc2)cc1. The van der Waals surface area contributed by atoms with Crippen molar-refractivity contribution in [2.45, 2.75) is 0 Å². The molecule has 3 rings (SSSR count). The van der Waals surface area contributed by atoms with E-state index in [1.165, 1.54) is 12.1 Å². The highest BCUT2D eigenvalue weighted by Gasteiger charge is 2.07. The molecule has 0 unspecified atom stereocenters. The number of nitrogens with two attached hydrogens (primary N) is 1. The van der Waals surface area contributed by atoms with Crippen molar-refractivity contribution >= 4 is 17.8 Å². The van der Waals surface area contributed by atoms with Crippen LogP contribution < -0.4 is 10.5 Å². The molecule has 0 spiro atoms. The molecule has 2 N–H and O–H groups in total. The second-order valence-corrected chi connectivity index (χ2v) is 5.75. The molecule has 0 aliphatic carbocycles. The van der Waals surface area contributed by atoms with Crippen molar-refractivity contribution in [3.05, 3.63) is 96.0 Å². The summed E-state index contributed by atoms with van der Waals surface area (Å²) in [5.74, 6) is -0.000255. The van der Waals surface area contributed by atoms with E-state index >= 15 is 0 Å². The Bertz CT molecular complexity index is 973. The molecule has 0 saturated heterocycles. The molecule has 3 aromatic carbocycles. The van der Waals surface area contributed by atoms with E-state index in [0.717, 1.165) is 22.3 Å². The molecular formula is C22H16F3NO. The molecule has 0 bridgehead atoms. The zero-order valence-corrected chi connectivity index (χ0v) is 14.2. The van der Waals surface area contributed by atoms with Crippen molar-refractivity contribution in [3.8, 4) is 16.9 Å². The zero-order chi connectivity index (χ0) is 19.2. The lowest BCUT2D eigenvalue weighted by Gasteiger charge is -2.07. The summed E-state index contributed by atoms with van der Waals surface area (Å²) in [4.78, 5) is 0. The average Bonchev–Trinajstić information content (AvgIpc) is 2.68. The number of nitrogen functional groups attached to an aromatic ring is 1. The fourth-order valence-electron chi connectivity index (χ4n) is 2.54. The zero-order valence-electron chi connectivity index (χ0n) is 14.2. The first-order valence-corrected chi connectivity index (χ1v) is 8.14. The molecule has 0 heterocycles. The largest absolute Gasteiger partial charge is 0.428 e. The van der Waals surface area contributed by atoms with Crippen LogP contribution in [0.3, 0.4) is 0 Å². The Morgan fingerprint density at radius 1 is 0.778 bits per heavy atom. The molecule has 5 heteroatoms. The highest BCUT2D eigenvalue weighted by Crippen LogP contribution is 2.26. The van der Waals surface area contributed by atoms with Gasteiger partial charge in [0.05, 0.1) is 0 Å². The fraction of sp³-hybridized carbons (Fsp3) is 0. The van der Waals surface area contributed by atoms with Gasteiger partial charge in [-0.1, -0.05) is 60.7 Å². The molecule has 0 aromatic heterocycles. The molecule has 0 aliphatic rings. The van der Waals surface area contributed by atoms with E-state index in [1.54, 1.807) is 12.1 Å². The molecule has 27 heavy (non-hydrogen) atoms. The van der Waals surface area contributed by atoms with Crippen LogP contribution in [0.5, 0.6) is 5.75 Å². The smallest absolute Gasteiger partial charge is 0.344 e. The third-order valence-electron chi connectivity index (χ3n) is 3.87. The first-order chi connectivity index (χ1) is 13.0. The summed E-state index contributed by atoms with van der Waals surface area (Å²) in [5, 5.41) is 0. The third kappa shape index (κ3) is 4.79. The molecule has 0 fully saturated rings. The van der Waals surface area contributed by atoms with Crippen molar-refractivity contribution in [1.82, 2.24) is 0 Å². The minimum Gasteiger partial charge on any atom is -0.428 e. The average molecular weight is 367 g/mol. The summed E-state index contributed by atoms with van der Waals surface area (Å²) < 4.78 is 41.3. The number of benzene rings is 3. The Balaban J connectivity index is 1.81. The summed E-state index contributed by atoms with van der Waals surface area (Å²) in [7, 11) is 0. The van der Waals surface area contributed by atoms with Crippen molar-refractivity contribution < 1.29 is 17.9 Å². The minimum absolute atomic E-state index is 0.000255. The van der Waals surface area contributed by atoms with Crippen LogP contribution in [0.25, 0.3) is 23.3 Å². The highest BCUT2D eigenvalue weighted by atomic mass is 19.3. The second kappa shape index (κ2) is 8.27. The number of halogens is 3. The molecule has 0 aliphatic heterocycles. The van der Waals surface area contributed by atoms with E-state index in [0.29, 0.717) is 5.69 Å². The molecule has 3 aromatic rings. The Morgan fingerprint density at radius 3 is 2.11 bits per heavy atom. The quantitative estimate of drug-likeness (QED) is 0.316. The van der Waals surface area contributed by atoms with Gasteiger partial charge >= 0.3 is 12.1 Å². The maximum Gasteiger partial charge on any atom is 0.344 e. The minimum atomic E-state index is -2.49. The van der Waals surface area contributed by atoms with Crippen LogP contribution in [0.4, 0.5) is 18.9 Å². The molecule has 2 nitrogen and oxygen atoms in total. The Morgan fingerprint density at radius 2 is 1.44 bits per heavy atom. The fourth-order valence-corrected chi connectivity index (χ4v) is 2.54. The van der Waals surface area contributed by atoms with Gasteiger partial charge in [0, 0.05) is 5.69 Å². The van der Waals surface area contributed by atoms with Crippen LogP contribution in [-0.2, 0) is 0 Å². The Kier molecular flexibility index (Phi) is 5.61. The summed E-state index contributed by atoms with van der Waals surface area (Å²) in [5.41, 5.74) is 10.4. The van der Waals surface area contributed by atoms with Crippen molar-refractivity contribution in [1.29, 1.82) is 0 Å². The molecule has 136 valence electrons.